The van der Waals surface area contributed by atoms with Crippen LogP contribution in [0.5, 0.6) is 0 Å². The van der Waals surface area contributed by atoms with Gasteiger partial charge in [-0.1, -0.05) is 35.9 Å². The van der Waals surface area contributed by atoms with Crippen molar-refractivity contribution in [3.05, 3.63) is 65.1 Å². The van der Waals surface area contributed by atoms with Crippen LogP contribution in [0.15, 0.2) is 53.7 Å². The molecule has 0 spiro atoms. The zero-order chi connectivity index (χ0) is 20.8. The van der Waals surface area contributed by atoms with E-state index in [0.29, 0.717) is 19.0 Å². The summed E-state index contributed by atoms with van der Waals surface area (Å²) >= 11 is 6.52. The van der Waals surface area contributed by atoms with Gasteiger partial charge >= 0.3 is 0 Å². The van der Waals surface area contributed by atoms with Gasteiger partial charge in [-0.05, 0) is 23.8 Å². The summed E-state index contributed by atoms with van der Waals surface area (Å²) in [6.07, 6.45) is 1.95. The Morgan fingerprint density at radius 1 is 1.13 bits per heavy atom. The SMILES string of the molecule is CN=C(NCc1nnc2ccccn12)NCC(c1ccccc1Cl)N1CCOCC1.I. The van der Waals surface area contributed by atoms with Crippen molar-refractivity contribution in [2.24, 2.45) is 4.99 Å². The van der Waals surface area contributed by atoms with Gasteiger partial charge in [0.15, 0.2) is 17.4 Å². The van der Waals surface area contributed by atoms with Gasteiger partial charge in [-0.2, -0.15) is 0 Å². The predicted molar refractivity (Wildman–Crippen MR) is 133 cm³/mol. The number of rotatable bonds is 6. The van der Waals surface area contributed by atoms with E-state index in [1.165, 1.54) is 0 Å². The first kappa shape index (κ1) is 23.7. The van der Waals surface area contributed by atoms with Crippen LogP contribution in [0.2, 0.25) is 5.02 Å². The smallest absolute Gasteiger partial charge is 0.191 e. The molecule has 1 aliphatic heterocycles. The maximum absolute atomic E-state index is 6.52. The topological polar surface area (TPSA) is 79.1 Å². The van der Waals surface area contributed by atoms with E-state index in [1.54, 1.807) is 7.05 Å². The van der Waals surface area contributed by atoms with Crippen molar-refractivity contribution in [3.63, 3.8) is 0 Å². The molecule has 1 atom stereocenters. The first-order valence-corrected chi connectivity index (χ1v) is 10.4. The van der Waals surface area contributed by atoms with E-state index in [-0.39, 0.29) is 30.0 Å². The lowest BCUT2D eigenvalue weighted by Crippen LogP contribution is -2.46. The quantitative estimate of drug-likeness (QED) is 0.277. The Morgan fingerprint density at radius 3 is 2.68 bits per heavy atom. The van der Waals surface area contributed by atoms with Crippen LogP contribution in [0, 0.1) is 0 Å². The molecule has 31 heavy (non-hydrogen) atoms. The van der Waals surface area contributed by atoms with Crippen LogP contribution >= 0.6 is 35.6 Å². The van der Waals surface area contributed by atoms with Crippen molar-refractivity contribution in [1.29, 1.82) is 0 Å². The van der Waals surface area contributed by atoms with Crippen molar-refractivity contribution in [2.45, 2.75) is 12.6 Å². The maximum Gasteiger partial charge on any atom is 0.191 e. The Bertz CT molecular complexity index is 1010. The predicted octanol–water partition coefficient (Wildman–Crippen LogP) is 2.74. The molecule has 2 N–H and O–H groups in total. The van der Waals surface area contributed by atoms with Gasteiger partial charge in [0.1, 0.15) is 0 Å². The van der Waals surface area contributed by atoms with Gasteiger partial charge in [-0.25, -0.2) is 0 Å². The van der Waals surface area contributed by atoms with Crippen LogP contribution in [0.1, 0.15) is 17.4 Å². The number of hydrogen-bond acceptors (Lipinski definition) is 5. The molecule has 166 valence electrons. The summed E-state index contributed by atoms with van der Waals surface area (Å²) in [5.74, 6) is 1.53. The van der Waals surface area contributed by atoms with Gasteiger partial charge in [0, 0.05) is 37.9 Å². The monoisotopic (exact) mass is 555 g/mol. The molecule has 0 saturated carbocycles. The van der Waals surface area contributed by atoms with Gasteiger partial charge in [-0.3, -0.25) is 14.3 Å². The third-order valence-corrected chi connectivity index (χ3v) is 5.58. The summed E-state index contributed by atoms with van der Waals surface area (Å²) in [7, 11) is 1.76. The Balaban J connectivity index is 0.00000272. The van der Waals surface area contributed by atoms with Crippen LogP contribution in [-0.2, 0) is 11.3 Å². The minimum Gasteiger partial charge on any atom is -0.379 e. The Hall–Kier alpha value is -1.95. The molecule has 0 amide bonds. The van der Waals surface area contributed by atoms with Gasteiger partial charge in [-0.15, -0.1) is 34.2 Å². The Kier molecular flexibility index (Phi) is 8.88. The molecule has 3 heterocycles. The zero-order valence-corrected chi connectivity index (χ0v) is 20.5. The van der Waals surface area contributed by atoms with E-state index in [4.69, 9.17) is 16.3 Å². The number of hydrogen-bond donors (Lipinski definition) is 2. The molecule has 4 rings (SSSR count). The second-order valence-electron chi connectivity index (χ2n) is 7.04. The van der Waals surface area contributed by atoms with Crippen molar-refractivity contribution < 1.29 is 4.74 Å². The molecule has 1 aromatic carbocycles. The van der Waals surface area contributed by atoms with E-state index >= 15 is 0 Å². The second kappa shape index (κ2) is 11.6. The third kappa shape index (κ3) is 5.85. The molecule has 1 saturated heterocycles. The summed E-state index contributed by atoms with van der Waals surface area (Å²) in [6.45, 7) is 4.38. The number of nitrogens with one attached hydrogen (secondary N) is 2. The van der Waals surface area contributed by atoms with E-state index in [9.17, 15) is 0 Å². The van der Waals surface area contributed by atoms with E-state index in [2.05, 4.69) is 36.8 Å². The fourth-order valence-corrected chi connectivity index (χ4v) is 3.92. The van der Waals surface area contributed by atoms with Gasteiger partial charge < -0.3 is 15.4 Å². The van der Waals surface area contributed by atoms with Crippen LogP contribution in [0.25, 0.3) is 5.65 Å². The molecule has 1 unspecified atom stereocenters. The molecule has 0 aliphatic carbocycles. The van der Waals surface area contributed by atoms with Crippen molar-refractivity contribution in [3.8, 4) is 0 Å². The van der Waals surface area contributed by atoms with E-state index in [0.717, 1.165) is 48.4 Å². The average molecular weight is 556 g/mol. The fourth-order valence-electron chi connectivity index (χ4n) is 3.66. The summed E-state index contributed by atoms with van der Waals surface area (Å²) in [5.41, 5.74) is 1.93. The molecular formula is C21H27ClIN7O. The van der Waals surface area contributed by atoms with Gasteiger partial charge in [0.25, 0.3) is 0 Å². The Morgan fingerprint density at radius 2 is 1.90 bits per heavy atom. The standard InChI is InChI=1S/C21H26ClN7O.HI/c1-23-21(25-15-20-27-26-19-8-4-5-9-29(19)20)24-14-18(28-10-12-30-13-11-28)16-6-2-3-7-17(16)22;/h2-9,18H,10-15H2,1H3,(H2,23,24,25);1H. The minimum atomic E-state index is 0. The number of aromatic nitrogens is 3. The van der Waals surface area contributed by atoms with Crippen molar-refractivity contribution in [1.82, 2.24) is 30.1 Å². The van der Waals surface area contributed by atoms with E-state index < -0.39 is 0 Å². The lowest BCUT2D eigenvalue weighted by Gasteiger charge is -2.35. The largest absolute Gasteiger partial charge is 0.379 e. The number of halogens is 2. The molecule has 3 aromatic rings. The number of nitrogens with zero attached hydrogens (tertiary/aromatic N) is 5. The van der Waals surface area contributed by atoms with Crippen LogP contribution < -0.4 is 10.6 Å². The number of aliphatic imine (C=N–C) groups is 1. The van der Waals surface area contributed by atoms with Gasteiger partial charge in [0.05, 0.1) is 25.8 Å². The first-order valence-electron chi connectivity index (χ1n) is 10.1. The van der Waals surface area contributed by atoms with Crippen LogP contribution in [0.3, 0.4) is 0 Å². The van der Waals surface area contributed by atoms with Crippen LogP contribution in [0.4, 0.5) is 0 Å². The van der Waals surface area contributed by atoms with E-state index in [1.807, 2.05) is 47.0 Å². The molecule has 8 nitrogen and oxygen atoms in total. The van der Waals surface area contributed by atoms with Crippen molar-refractivity contribution >= 4 is 47.2 Å². The number of fused-ring (bicyclic) bond motifs is 1. The maximum atomic E-state index is 6.52. The third-order valence-electron chi connectivity index (χ3n) is 5.24. The van der Waals surface area contributed by atoms with Crippen molar-refractivity contribution in [2.75, 3.05) is 39.9 Å². The molecule has 0 bridgehead atoms. The van der Waals surface area contributed by atoms with Crippen LogP contribution in [-0.4, -0.2) is 65.4 Å². The molecule has 1 fully saturated rings. The summed E-state index contributed by atoms with van der Waals surface area (Å²) in [6, 6.07) is 14.0. The number of benzene rings is 1. The lowest BCUT2D eigenvalue weighted by atomic mass is 10.0. The zero-order valence-electron chi connectivity index (χ0n) is 17.4. The highest BCUT2D eigenvalue weighted by Gasteiger charge is 2.24. The highest BCUT2D eigenvalue weighted by atomic mass is 127. The number of morpholine rings is 1. The number of ether oxygens (including phenoxy) is 1. The fraction of sp³-hybridized carbons (Fsp3) is 0.381. The van der Waals surface area contributed by atoms with Gasteiger partial charge in [0.2, 0.25) is 0 Å². The number of pyridine rings is 1. The Labute approximate surface area is 204 Å². The average Bonchev–Trinajstić information content (AvgIpc) is 3.21. The highest BCUT2D eigenvalue weighted by Crippen LogP contribution is 2.27. The lowest BCUT2D eigenvalue weighted by molar-refractivity contribution is 0.0170. The molecule has 0 radical (unpaired) electrons. The summed E-state index contributed by atoms with van der Waals surface area (Å²) in [5, 5.41) is 16.0. The second-order valence-corrected chi connectivity index (χ2v) is 7.44. The molecule has 10 heteroatoms. The summed E-state index contributed by atoms with van der Waals surface area (Å²) < 4.78 is 7.49. The highest BCUT2D eigenvalue weighted by molar-refractivity contribution is 14.0. The first-order chi connectivity index (χ1) is 14.8. The minimum absolute atomic E-state index is 0. The number of guanidine groups is 1. The normalized spacial score (nSPS) is 16.0. The molecule has 2 aromatic heterocycles. The summed E-state index contributed by atoms with van der Waals surface area (Å²) in [4.78, 5) is 6.76. The molecular weight excluding hydrogens is 529 g/mol. The molecule has 1 aliphatic rings.